The molecule has 1 heterocycles. The predicted octanol–water partition coefficient (Wildman–Crippen LogP) is 3.49. The molecule has 1 saturated carbocycles. The molecule has 1 unspecified atom stereocenters. The van der Waals surface area contributed by atoms with Crippen LogP contribution in [0.2, 0.25) is 0 Å². The summed E-state index contributed by atoms with van der Waals surface area (Å²) >= 11 is 1.44. The highest BCUT2D eigenvalue weighted by atomic mass is 32.1. The first-order valence-corrected chi connectivity index (χ1v) is 13.1. The van der Waals surface area contributed by atoms with Crippen molar-refractivity contribution in [1.29, 1.82) is 0 Å². The minimum Gasteiger partial charge on any atom is -0.445 e. The molecule has 1 fully saturated rings. The number of alkyl carbamates (subject to hydrolysis) is 1. The van der Waals surface area contributed by atoms with Gasteiger partial charge in [0.15, 0.2) is 0 Å². The van der Waals surface area contributed by atoms with E-state index >= 15 is 0 Å². The number of carbonyl (C=O) groups excluding carboxylic acids is 3. The van der Waals surface area contributed by atoms with Crippen molar-refractivity contribution in [1.82, 2.24) is 10.6 Å². The minimum absolute atomic E-state index is 0.123. The summed E-state index contributed by atoms with van der Waals surface area (Å²) in [5.41, 5.74) is 7.10. The lowest BCUT2D eigenvalue weighted by molar-refractivity contribution is -0.127. The van der Waals surface area contributed by atoms with E-state index in [0.717, 1.165) is 46.7 Å². The molecule has 0 radical (unpaired) electrons. The number of anilines is 1. The summed E-state index contributed by atoms with van der Waals surface area (Å²) in [6, 6.07) is 10.8. The average molecular weight is 499 g/mol. The number of carbonyl (C=O) groups is 3. The molecule has 2 atom stereocenters. The molecule has 1 aromatic carbocycles. The number of amides is 3. The summed E-state index contributed by atoms with van der Waals surface area (Å²) in [5, 5.41) is 9.23. The van der Waals surface area contributed by atoms with Gasteiger partial charge in [-0.2, -0.15) is 0 Å². The summed E-state index contributed by atoms with van der Waals surface area (Å²) in [6.45, 7) is 0.123. The van der Waals surface area contributed by atoms with Crippen LogP contribution in [0, 0.1) is 5.92 Å². The highest BCUT2D eigenvalue weighted by Gasteiger charge is 2.43. The third kappa shape index (κ3) is 6.02. The van der Waals surface area contributed by atoms with Crippen LogP contribution < -0.4 is 21.7 Å². The zero-order valence-electron chi connectivity index (χ0n) is 20.1. The predicted molar refractivity (Wildman–Crippen MR) is 136 cm³/mol. The Kier molecular flexibility index (Phi) is 8.07. The van der Waals surface area contributed by atoms with Crippen molar-refractivity contribution in [2.24, 2.45) is 11.7 Å². The van der Waals surface area contributed by atoms with Crippen molar-refractivity contribution in [3.05, 3.63) is 52.4 Å². The lowest BCUT2D eigenvalue weighted by atomic mass is 9.81. The van der Waals surface area contributed by atoms with Gasteiger partial charge in [-0.1, -0.05) is 49.6 Å². The van der Waals surface area contributed by atoms with Crippen LogP contribution in [0.5, 0.6) is 0 Å². The molecule has 5 N–H and O–H groups in total. The molecule has 0 saturated heterocycles. The van der Waals surface area contributed by atoms with Gasteiger partial charge in [0, 0.05) is 18.3 Å². The Bertz CT molecular complexity index is 1050. The maximum Gasteiger partial charge on any atom is 0.408 e. The first kappa shape index (κ1) is 25.2. The second kappa shape index (κ2) is 11.2. The molecule has 35 heavy (non-hydrogen) atoms. The van der Waals surface area contributed by atoms with Gasteiger partial charge >= 0.3 is 6.09 Å². The lowest BCUT2D eigenvalue weighted by Gasteiger charge is -2.35. The lowest BCUT2D eigenvalue weighted by Crippen LogP contribution is -2.61. The van der Waals surface area contributed by atoms with Gasteiger partial charge < -0.3 is 26.4 Å². The van der Waals surface area contributed by atoms with E-state index < -0.39 is 17.7 Å². The fourth-order valence-corrected chi connectivity index (χ4v) is 6.29. The van der Waals surface area contributed by atoms with E-state index in [1.54, 1.807) is 7.05 Å². The largest absolute Gasteiger partial charge is 0.445 e. The van der Waals surface area contributed by atoms with Gasteiger partial charge in [0.25, 0.3) is 0 Å². The third-order valence-electron chi connectivity index (χ3n) is 7.10. The van der Waals surface area contributed by atoms with Crippen LogP contribution in [0.3, 0.4) is 0 Å². The Labute approximate surface area is 210 Å². The van der Waals surface area contributed by atoms with E-state index in [4.69, 9.17) is 10.5 Å². The standard InChI is InChI=1S/C26H34N4O4S/c1-28-24(32)26(30-25(33)34-16-17-8-4-2-5-9-17)13-12-19-14-21(35-20(19)15-26)29-23(31)22(27)18-10-6-3-7-11-18/h2,4-5,8-9,14,18,22H,3,6-7,10-13,15-16,27H2,1H3,(H,28,32)(H,29,31)(H,30,33)/t22-,26?/m0/s1. The molecule has 188 valence electrons. The van der Waals surface area contributed by atoms with E-state index in [9.17, 15) is 14.4 Å². The van der Waals surface area contributed by atoms with Crippen molar-refractivity contribution in [3.8, 4) is 0 Å². The second-order valence-electron chi connectivity index (χ2n) is 9.50. The van der Waals surface area contributed by atoms with Crippen molar-refractivity contribution in [3.63, 3.8) is 0 Å². The molecule has 8 nitrogen and oxygen atoms in total. The third-order valence-corrected chi connectivity index (χ3v) is 8.20. The topological polar surface area (TPSA) is 123 Å². The van der Waals surface area contributed by atoms with Crippen LogP contribution in [0.25, 0.3) is 0 Å². The summed E-state index contributed by atoms with van der Waals surface area (Å²) in [5.74, 6) is -0.195. The van der Waals surface area contributed by atoms with E-state index in [0.29, 0.717) is 19.3 Å². The monoisotopic (exact) mass is 498 g/mol. The van der Waals surface area contributed by atoms with E-state index in [2.05, 4.69) is 16.0 Å². The smallest absolute Gasteiger partial charge is 0.408 e. The molecule has 0 bridgehead atoms. The number of likely N-dealkylation sites (N-methyl/N-ethyl adjacent to an activating group) is 1. The van der Waals surface area contributed by atoms with Gasteiger partial charge in [0.1, 0.15) is 12.1 Å². The number of ether oxygens (including phenoxy) is 1. The van der Waals surface area contributed by atoms with Gasteiger partial charge in [0.05, 0.1) is 11.0 Å². The molecule has 0 spiro atoms. The van der Waals surface area contributed by atoms with E-state index in [1.165, 1.54) is 17.8 Å². The molecule has 2 aliphatic carbocycles. The highest BCUT2D eigenvalue weighted by molar-refractivity contribution is 7.16. The average Bonchev–Trinajstić information content (AvgIpc) is 3.28. The Morgan fingerprint density at radius 2 is 1.91 bits per heavy atom. The molecule has 4 rings (SSSR count). The summed E-state index contributed by atoms with van der Waals surface area (Å²) in [7, 11) is 1.56. The molecule has 2 aliphatic rings. The maximum atomic E-state index is 12.9. The zero-order chi connectivity index (χ0) is 24.8. The van der Waals surface area contributed by atoms with Gasteiger partial charge in [-0.15, -0.1) is 11.3 Å². The Morgan fingerprint density at radius 3 is 2.63 bits per heavy atom. The molecular weight excluding hydrogens is 464 g/mol. The van der Waals surface area contributed by atoms with Crippen LogP contribution in [-0.2, 0) is 33.8 Å². The number of nitrogens with two attached hydrogens (primary N) is 1. The Morgan fingerprint density at radius 1 is 1.17 bits per heavy atom. The first-order chi connectivity index (χ1) is 16.9. The number of rotatable bonds is 7. The van der Waals surface area contributed by atoms with Crippen molar-refractivity contribution in [2.45, 2.75) is 69.6 Å². The van der Waals surface area contributed by atoms with Crippen molar-refractivity contribution < 1.29 is 19.1 Å². The van der Waals surface area contributed by atoms with Crippen LogP contribution >= 0.6 is 11.3 Å². The molecule has 0 aliphatic heterocycles. The second-order valence-corrected chi connectivity index (χ2v) is 10.6. The molecular formula is C26H34N4O4S. The summed E-state index contributed by atoms with van der Waals surface area (Å²) < 4.78 is 5.38. The molecule has 1 aromatic heterocycles. The normalized spacial score (nSPS) is 20.9. The fraction of sp³-hybridized carbons (Fsp3) is 0.500. The number of fused-ring (bicyclic) bond motifs is 1. The van der Waals surface area contributed by atoms with Crippen molar-refractivity contribution in [2.75, 3.05) is 12.4 Å². The quantitative estimate of drug-likeness (QED) is 0.465. The fourth-order valence-electron chi connectivity index (χ4n) is 5.06. The van der Waals surface area contributed by atoms with E-state index in [1.807, 2.05) is 36.4 Å². The first-order valence-electron chi connectivity index (χ1n) is 12.3. The van der Waals surface area contributed by atoms with Crippen molar-refractivity contribution >= 4 is 34.2 Å². The summed E-state index contributed by atoms with van der Waals surface area (Å²) in [6.07, 6.45) is 6.19. The highest BCUT2D eigenvalue weighted by Crippen LogP contribution is 2.37. The summed E-state index contributed by atoms with van der Waals surface area (Å²) in [4.78, 5) is 39.2. The molecule has 2 aromatic rings. The number of hydrogen-bond acceptors (Lipinski definition) is 6. The Balaban J connectivity index is 1.41. The SMILES string of the molecule is CNC(=O)C1(NC(=O)OCc2ccccc2)CCc2cc(NC(=O)[C@@H](N)C3CCCCC3)sc2C1. The molecule has 3 amide bonds. The van der Waals surface area contributed by atoms with Crippen LogP contribution in [0.1, 0.15) is 54.5 Å². The molecule has 9 heteroatoms. The Hall–Kier alpha value is -2.91. The zero-order valence-corrected chi connectivity index (χ0v) is 20.9. The number of nitrogens with one attached hydrogen (secondary N) is 3. The number of thiophene rings is 1. The van der Waals surface area contributed by atoms with Gasteiger partial charge in [0.2, 0.25) is 11.8 Å². The van der Waals surface area contributed by atoms with E-state index in [-0.39, 0.29) is 24.3 Å². The maximum absolute atomic E-state index is 12.9. The van der Waals surface area contributed by atoms with Crippen LogP contribution in [-0.4, -0.2) is 36.5 Å². The van der Waals surface area contributed by atoms with Gasteiger partial charge in [-0.05, 0) is 48.8 Å². The van der Waals surface area contributed by atoms with Crippen LogP contribution in [0.4, 0.5) is 9.80 Å². The number of aryl methyl sites for hydroxylation is 1. The van der Waals surface area contributed by atoms with Gasteiger partial charge in [-0.3, -0.25) is 9.59 Å². The van der Waals surface area contributed by atoms with Gasteiger partial charge in [-0.25, -0.2) is 4.79 Å². The number of benzene rings is 1. The number of hydrogen-bond donors (Lipinski definition) is 4. The van der Waals surface area contributed by atoms with Crippen LogP contribution in [0.15, 0.2) is 36.4 Å². The minimum atomic E-state index is -1.11.